The van der Waals surface area contributed by atoms with E-state index in [4.69, 9.17) is 4.98 Å². The van der Waals surface area contributed by atoms with Crippen LogP contribution in [-0.4, -0.2) is 32.3 Å². The summed E-state index contributed by atoms with van der Waals surface area (Å²) in [5, 5.41) is 0. The van der Waals surface area contributed by atoms with Crippen molar-refractivity contribution in [1.29, 1.82) is 0 Å². The average Bonchev–Trinajstić information content (AvgIpc) is 2.65. The molecular weight excluding hydrogens is 459 g/mol. The summed E-state index contributed by atoms with van der Waals surface area (Å²) >= 11 is -2.42. The third-order valence-electron chi connectivity index (χ3n) is 5.36. The normalized spacial score (nSPS) is 13.7. The summed E-state index contributed by atoms with van der Waals surface area (Å²) in [4.78, 5) is 5.00. The van der Waals surface area contributed by atoms with Gasteiger partial charge in [0.2, 0.25) is 0 Å². The molecule has 1 unspecified atom stereocenters. The molecule has 156 valence electrons. The van der Waals surface area contributed by atoms with Crippen LogP contribution >= 0.6 is 0 Å². The molecule has 0 aliphatic heterocycles. The van der Waals surface area contributed by atoms with Gasteiger partial charge in [-0.05, 0) is 0 Å². The Hall–Kier alpha value is 0.0587. The van der Waals surface area contributed by atoms with Gasteiger partial charge in [-0.3, -0.25) is 0 Å². The molecule has 1 atom stereocenters. The Morgan fingerprint density at radius 1 is 0.963 bits per heavy atom. The minimum atomic E-state index is -2.42. The third-order valence-corrected chi connectivity index (χ3v) is 22.0. The molecule has 0 aliphatic rings. The van der Waals surface area contributed by atoms with E-state index < -0.39 is 29.4 Å². The summed E-state index contributed by atoms with van der Waals surface area (Å²) in [5.41, 5.74) is 1.14. The molecule has 1 N–H and O–H groups in total. The Balaban J connectivity index is 2.95. The van der Waals surface area contributed by atoms with Crippen molar-refractivity contribution in [3.8, 4) is 0 Å². The second-order valence-electron chi connectivity index (χ2n) is 8.84. The Morgan fingerprint density at radius 2 is 1.48 bits per heavy atom. The number of aromatic nitrogens is 1. The van der Waals surface area contributed by atoms with Crippen molar-refractivity contribution in [3.05, 3.63) is 23.9 Å². The zero-order valence-electron chi connectivity index (χ0n) is 18.6. The molecule has 1 rings (SSSR count). The van der Waals surface area contributed by atoms with Crippen LogP contribution in [0.15, 0.2) is 18.3 Å². The van der Waals surface area contributed by atoms with E-state index in [9.17, 15) is 4.21 Å². The van der Waals surface area contributed by atoms with Crippen LogP contribution in [0.1, 0.15) is 85.6 Å². The van der Waals surface area contributed by atoms with Crippen LogP contribution in [0.4, 0.5) is 0 Å². The number of rotatable bonds is 13. The maximum absolute atomic E-state index is 12.2. The summed E-state index contributed by atoms with van der Waals surface area (Å²) in [5.74, 6) is 0. The zero-order chi connectivity index (χ0) is 20.3. The van der Waals surface area contributed by atoms with Gasteiger partial charge in [-0.2, -0.15) is 0 Å². The molecule has 0 amide bonds. The van der Waals surface area contributed by atoms with Gasteiger partial charge in [0, 0.05) is 0 Å². The van der Waals surface area contributed by atoms with Crippen molar-refractivity contribution in [2.45, 2.75) is 105 Å². The second-order valence-corrected chi connectivity index (χ2v) is 23.9. The topological polar surface area (TPSA) is 42.0 Å². The van der Waals surface area contributed by atoms with E-state index in [1.54, 1.807) is 0 Å². The second kappa shape index (κ2) is 12.6. The first-order valence-corrected chi connectivity index (χ1v) is 19.5. The fourth-order valence-corrected chi connectivity index (χ4v) is 19.6. The summed E-state index contributed by atoms with van der Waals surface area (Å²) in [6.45, 7) is 13.6. The molecule has 5 heteroatoms. The molecule has 0 saturated carbocycles. The van der Waals surface area contributed by atoms with Gasteiger partial charge in [-0.25, -0.2) is 0 Å². The molecule has 0 spiro atoms. The van der Waals surface area contributed by atoms with E-state index >= 15 is 0 Å². The fourth-order valence-electron chi connectivity index (χ4n) is 3.51. The molecule has 1 heterocycles. The first-order chi connectivity index (χ1) is 12.8. The number of unbranched alkanes of at least 4 members (excludes halogenated alkanes) is 3. The van der Waals surface area contributed by atoms with Gasteiger partial charge in [-0.15, -0.1) is 0 Å². The minimum absolute atomic E-state index is 0.237. The number of hydrogen-bond acceptors (Lipinski definition) is 2. The van der Waals surface area contributed by atoms with Crippen molar-refractivity contribution in [3.63, 3.8) is 0 Å². The van der Waals surface area contributed by atoms with E-state index in [0.717, 1.165) is 5.56 Å². The Labute approximate surface area is 175 Å². The molecule has 0 bridgehead atoms. The Morgan fingerprint density at radius 3 is 1.85 bits per heavy atom. The molecule has 0 fully saturated rings. The van der Waals surface area contributed by atoms with E-state index in [2.05, 4.69) is 37.6 Å². The predicted molar refractivity (Wildman–Crippen MR) is 124 cm³/mol. The predicted octanol–water partition coefficient (Wildman–Crippen LogP) is 5.69. The number of nitrogens with one attached hydrogen (secondary N) is 1. The van der Waals surface area contributed by atoms with Crippen LogP contribution in [-0.2, 0) is 17.5 Å². The molecule has 3 nitrogen and oxygen atoms in total. The third kappa shape index (κ3) is 8.53. The first kappa shape index (κ1) is 25.1. The van der Waals surface area contributed by atoms with Crippen LogP contribution in [0.5, 0.6) is 0 Å². The van der Waals surface area contributed by atoms with Crippen molar-refractivity contribution >= 4 is 33.1 Å². The maximum atomic E-state index is 12.2. The standard InChI is InChI=1S/C10H15N2OS.3C4H9.Sn/c1-10(2,3)14(13)12-8-9-5-4-6-11-7-9;3*1-3-4-2;/h4-5,7,12H,8H2,1-3H3;3*1,3-4H2,2H3;. The van der Waals surface area contributed by atoms with Gasteiger partial charge in [0.1, 0.15) is 0 Å². The van der Waals surface area contributed by atoms with Gasteiger partial charge in [0.05, 0.1) is 0 Å². The monoisotopic (exact) mass is 502 g/mol. The summed E-state index contributed by atoms with van der Waals surface area (Å²) in [7, 11) is -1.04. The van der Waals surface area contributed by atoms with E-state index in [1.807, 2.05) is 27.0 Å². The molecule has 1 aromatic heterocycles. The molecular formula is C22H42N2OSSn. The van der Waals surface area contributed by atoms with Crippen molar-refractivity contribution < 1.29 is 4.21 Å². The SMILES string of the molecule is CCC[CH2][Sn]([CH2]CCC)([CH2]CCC)[c]1ccc(CNS(=O)C(C)(C)C)cn1. The number of nitrogens with zero attached hydrogens (tertiary/aromatic N) is 1. The number of pyridine rings is 1. The summed E-state index contributed by atoms with van der Waals surface area (Å²) in [6, 6.07) is 4.55. The summed E-state index contributed by atoms with van der Waals surface area (Å²) in [6.07, 6.45) is 9.99. The molecule has 27 heavy (non-hydrogen) atoms. The van der Waals surface area contributed by atoms with Crippen LogP contribution in [0.25, 0.3) is 0 Å². The Bertz CT molecular complexity index is 533. The van der Waals surface area contributed by atoms with E-state index in [1.165, 1.54) is 55.5 Å². The quantitative estimate of drug-likeness (QED) is 0.353. The average molecular weight is 501 g/mol. The Kier molecular flexibility index (Phi) is 11.7. The molecule has 1 aromatic rings. The first-order valence-electron chi connectivity index (χ1n) is 10.9. The van der Waals surface area contributed by atoms with Gasteiger partial charge in [0.15, 0.2) is 0 Å². The van der Waals surface area contributed by atoms with E-state index in [0.29, 0.717) is 6.54 Å². The van der Waals surface area contributed by atoms with Crippen molar-refractivity contribution in [2.24, 2.45) is 0 Å². The molecule has 0 aliphatic carbocycles. The zero-order valence-corrected chi connectivity index (χ0v) is 22.2. The van der Waals surface area contributed by atoms with Crippen LogP contribution in [0.2, 0.25) is 13.3 Å². The van der Waals surface area contributed by atoms with Crippen LogP contribution < -0.4 is 8.43 Å². The van der Waals surface area contributed by atoms with Crippen molar-refractivity contribution in [2.75, 3.05) is 0 Å². The molecule has 0 saturated heterocycles. The number of hydrogen-bond donors (Lipinski definition) is 1. The van der Waals surface area contributed by atoms with Crippen molar-refractivity contribution in [1.82, 2.24) is 9.71 Å². The van der Waals surface area contributed by atoms with Crippen LogP contribution in [0, 0.1) is 0 Å². The molecule has 0 radical (unpaired) electrons. The van der Waals surface area contributed by atoms with Crippen LogP contribution in [0.3, 0.4) is 0 Å². The van der Waals surface area contributed by atoms with Gasteiger partial charge >= 0.3 is 176 Å². The van der Waals surface area contributed by atoms with E-state index in [-0.39, 0.29) is 4.75 Å². The fraction of sp³-hybridized carbons (Fsp3) is 0.773. The van der Waals surface area contributed by atoms with Gasteiger partial charge in [-0.1, -0.05) is 0 Å². The summed E-state index contributed by atoms with van der Waals surface area (Å²) < 4.78 is 20.9. The van der Waals surface area contributed by atoms with Gasteiger partial charge < -0.3 is 0 Å². The van der Waals surface area contributed by atoms with Gasteiger partial charge in [0.25, 0.3) is 0 Å². The molecule has 0 aromatic carbocycles.